The Morgan fingerprint density at radius 2 is 1.73 bits per heavy atom. The highest BCUT2D eigenvalue weighted by Crippen LogP contribution is 2.33. The second-order valence-corrected chi connectivity index (χ2v) is 10.3. The summed E-state index contributed by atoms with van der Waals surface area (Å²) in [4.78, 5) is 25.0. The lowest BCUT2D eigenvalue weighted by Gasteiger charge is -2.14. The van der Waals surface area contributed by atoms with Gasteiger partial charge in [0.25, 0.3) is 5.91 Å². The van der Waals surface area contributed by atoms with Gasteiger partial charge >= 0.3 is 5.97 Å². The fourth-order valence-corrected chi connectivity index (χ4v) is 5.55. The van der Waals surface area contributed by atoms with Gasteiger partial charge in [0.05, 0.1) is 26.3 Å². The molecular formula is C31H40N2O4. The van der Waals surface area contributed by atoms with Crippen LogP contribution in [0.25, 0.3) is 10.9 Å². The molecule has 198 valence electrons. The lowest BCUT2D eigenvalue weighted by atomic mass is 9.97. The van der Waals surface area contributed by atoms with Crippen molar-refractivity contribution in [1.82, 2.24) is 9.88 Å². The van der Waals surface area contributed by atoms with Crippen molar-refractivity contribution in [3.8, 4) is 5.75 Å². The maximum Gasteiger partial charge on any atom is 0.337 e. The maximum absolute atomic E-state index is 13.0. The second-order valence-electron chi connectivity index (χ2n) is 10.3. The van der Waals surface area contributed by atoms with E-state index in [0.29, 0.717) is 35.9 Å². The molecule has 1 fully saturated rings. The molecular weight excluding hydrogens is 464 g/mol. The molecule has 1 N–H and O–H groups in total. The average Bonchev–Trinajstić information content (AvgIpc) is 3.56. The van der Waals surface area contributed by atoms with Gasteiger partial charge in [0.15, 0.2) is 0 Å². The summed E-state index contributed by atoms with van der Waals surface area (Å²) >= 11 is 0. The lowest BCUT2D eigenvalue weighted by Crippen LogP contribution is -2.28. The van der Waals surface area contributed by atoms with E-state index in [9.17, 15) is 9.59 Å². The number of hydrogen-bond donors (Lipinski definition) is 1. The second kappa shape index (κ2) is 12.3. The predicted octanol–water partition coefficient (Wildman–Crippen LogP) is 6.38. The largest absolute Gasteiger partial charge is 0.496 e. The molecule has 6 heteroatoms. The van der Waals surface area contributed by atoms with E-state index in [1.54, 1.807) is 19.2 Å². The van der Waals surface area contributed by atoms with Gasteiger partial charge in [-0.25, -0.2) is 4.79 Å². The first-order chi connectivity index (χ1) is 18.0. The third kappa shape index (κ3) is 6.17. The van der Waals surface area contributed by atoms with Gasteiger partial charge in [0.2, 0.25) is 0 Å². The van der Waals surface area contributed by atoms with E-state index in [-0.39, 0.29) is 11.9 Å². The van der Waals surface area contributed by atoms with Gasteiger partial charge in [-0.05, 0) is 48.1 Å². The van der Waals surface area contributed by atoms with Gasteiger partial charge in [0.1, 0.15) is 5.75 Å². The van der Waals surface area contributed by atoms with Gasteiger partial charge < -0.3 is 19.4 Å². The number of aromatic nitrogens is 1. The Hall–Kier alpha value is -3.28. The van der Waals surface area contributed by atoms with E-state index in [1.807, 2.05) is 18.2 Å². The van der Waals surface area contributed by atoms with Crippen molar-refractivity contribution in [1.29, 1.82) is 0 Å². The molecule has 0 atom stereocenters. The SMILES string of the molecule is CCC(CC)CNC(=O)c1ccc2c(CC3CCCC3)cn(Cc3ccc(C(=O)OC)cc3OC)c2c1. The molecule has 0 saturated heterocycles. The number of carbonyl (C=O) groups is 2. The lowest BCUT2D eigenvalue weighted by molar-refractivity contribution is 0.0600. The number of methoxy groups -OCH3 is 2. The summed E-state index contributed by atoms with van der Waals surface area (Å²) in [6.07, 6.45) is 10.6. The normalized spacial score (nSPS) is 13.9. The Labute approximate surface area is 220 Å². The highest BCUT2D eigenvalue weighted by Gasteiger charge is 2.20. The zero-order valence-electron chi connectivity index (χ0n) is 22.6. The van der Waals surface area contributed by atoms with Crippen molar-refractivity contribution in [3.63, 3.8) is 0 Å². The van der Waals surface area contributed by atoms with Crippen LogP contribution in [0.4, 0.5) is 0 Å². The summed E-state index contributed by atoms with van der Waals surface area (Å²) in [5.41, 5.74) is 4.47. The van der Waals surface area contributed by atoms with Crippen molar-refractivity contribution in [2.45, 2.75) is 65.3 Å². The quantitative estimate of drug-likeness (QED) is 0.308. The van der Waals surface area contributed by atoms with Gasteiger partial charge in [-0.1, -0.05) is 64.5 Å². The van der Waals surface area contributed by atoms with Gasteiger partial charge in [-0.2, -0.15) is 0 Å². The van der Waals surface area contributed by atoms with Crippen LogP contribution >= 0.6 is 0 Å². The van der Waals surface area contributed by atoms with Crippen LogP contribution in [0.5, 0.6) is 5.75 Å². The number of rotatable bonds is 11. The molecule has 1 aromatic heterocycles. The van der Waals surface area contributed by atoms with Crippen molar-refractivity contribution >= 4 is 22.8 Å². The first kappa shape index (κ1) is 26.8. The summed E-state index contributed by atoms with van der Waals surface area (Å²) in [5.74, 6) is 1.44. The third-order valence-electron chi connectivity index (χ3n) is 7.97. The topological polar surface area (TPSA) is 69.6 Å². The predicted molar refractivity (Wildman–Crippen MR) is 147 cm³/mol. The van der Waals surface area contributed by atoms with Crippen LogP contribution in [0.1, 0.15) is 84.2 Å². The van der Waals surface area contributed by atoms with Crippen LogP contribution in [0.3, 0.4) is 0 Å². The van der Waals surface area contributed by atoms with E-state index < -0.39 is 0 Å². The minimum absolute atomic E-state index is 0.0288. The molecule has 6 nitrogen and oxygen atoms in total. The molecule has 2 aromatic carbocycles. The Morgan fingerprint density at radius 1 is 1.00 bits per heavy atom. The van der Waals surface area contributed by atoms with Gasteiger partial charge in [0, 0.05) is 34.8 Å². The smallest absolute Gasteiger partial charge is 0.337 e. The van der Waals surface area contributed by atoms with E-state index in [0.717, 1.165) is 36.3 Å². The highest BCUT2D eigenvalue weighted by atomic mass is 16.5. The third-order valence-corrected chi connectivity index (χ3v) is 7.97. The summed E-state index contributed by atoms with van der Waals surface area (Å²) in [6, 6.07) is 11.5. The minimum atomic E-state index is -0.390. The summed E-state index contributed by atoms with van der Waals surface area (Å²) in [6.45, 7) is 5.60. The molecule has 4 rings (SSSR count). The zero-order valence-corrected chi connectivity index (χ0v) is 22.6. The van der Waals surface area contributed by atoms with Crippen LogP contribution in [0, 0.1) is 11.8 Å². The molecule has 0 spiro atoms. The number of ether oxygens (including phenoxy) is 2. The molecule has 1 heterocycles. The Morgan fingerprint density at radius 3 is 2.41 bits per heavy atom. The molecule has 1 amide bonds. The number of hydrogen-bond acceptors (Lipinski definition) is 4. The van der Waals surface area contributed by atoms with Crippen molar-refractivity contribution in [2.75, 3.05) is 20.8 Å². The Kier molecular flexibility index (Phi) is 8.91. The molecule has 1 aliphatic rings. The molecule has 0 unspecified atom stereocenters. The molecule has 0 bridgehead atoms. The van der Waals surface area contributed by atoms with Crippen LogP contribution in [0.15, 0.2) is 42.6 Å². The molecule has 0 radical (unpaired) electrons. The summed E-state index contributed by atoms with van der Waals surface area (Å²) < 4.78 is 12.7. The monoisotopic (exact) mass is 504 g/mol. The number of esters is 1. The number of nitrogens with zero attached hydrogens (tertiary/aromatic N) is 1. The number of benzene rings is 2. The van der Waals surface area contributed by atoms with Crippen LogP contribution in [-0.4, -0.2) is 37.2 Å². The molecule has 3 aromatic rings. The average molecular weight is 505 g/mol. The fraction of sp³-hybridized carbons (Fsp3) is 0.484. The van der Waals surface area contributed by atoms with E-state index >= 15 is 0 Å². The summed E-state index contributed by atoms with van der Waals surface area (Å²) in [5, 5.41) is 4.33. The minimum Gasteiger partial charge on any atom is -0.496 e. The standard InChI is InChI=1S/C31H40N2O4/c1-5-21(6-2)18-32-30(34)23-13-14-27-26(15-22-9-7-8-10-22)20-33(28(27)16-23)19-25-12-11-24(31(35)37-4)17-29(25)36-3/h11-14,16-17,20-22H,5-10,15,18-19H2,1-4H3,(H,32,34). The first-order valence-corrected chi connectivity index (χ1v) is 13.6. The molecule has 0 aliphatic heterocycles. The van der Waals surface area contributed by atoms with Gasteiger partial charge in [-0.3, -0.25) is 4.79 Å². The number of carbonyl (C=O) groups excluding carboxylic acids is 2. The number of nitrogens with one attached hydrogen (secondary N) is 1. The first-order valence-electron chi connectivity index (χ1n) is 13.6. The zero-order chi connectivity index (χ0) is 26.4. The Balaban J connectivity index is 1.68. The summed E-state index contributed by atoms with van der Waals surface area (Å²) in [7, 11) is 2.99. The van der Waals surface area contributed by atoms with Crippen molar-refractivity contribution < 1.29 is 19.1 Å². The van der Waals surface area contributed by atoms with Crippen LogP contribution in [0.2, 0.25) is 0 Å². The van der Waals surface area contributed by atoms with Crippen LogP contribution in [-0.2, 0) is 17.7 Å². The molecule has 1 saturated carbocycles. The van der Waals surface area contributed by atoms with Crippen molar-refractivity contribution in [2.24, 2.45) is 11.8 Å². The molecule has 1 aliphatic carbocycles. The highest BCUT2D eigenvalue weighted by molar-refractivity contribution is 5.98. The maximum atomic E-state index is 13.0. The fourth-order valence-electron chi connectivity index (χ4n) is 5.55. The van der Waals surface area contributed by atoms with E-state index in [4.69, 9.17) is 9.47 Å². The van der Waals surface area contributed by atoms with E-state index in [1.165, 1.54) is 43.7 Å². The van der Waals surface area contributed by atoms with E-state index in [2.05, 4.69) is 36.0 Å². The van der Waals surface area contributed by atoms with Gasteiger partial charge in [-0.15, -0.1) is 0 Å². The Bertz CT molecular complexity index is 1240. The molecule has 37 heavy (non-hydrogen) atoms. The van der Waals surface area contributed by atoms with Crippen LogP contribution < -0.4 is 10.1 Å². The number of amides is 1. The number of fused-ring (bicyclic) bond motifs is 1. The van der Waals surface area contributed by atoms with Crippen molar-refractivity contribution in [3.05, 3.63) is 64.8 Å².